The SMILES string of the molecule is CCNC(=O)CNC(=O)Cc1coc(-c2ccccc2)n1. The summed E-state index contributed by atoms with van der Waals surface area (Å²) in [6.45, 7) is 2.33. The summed E-state index contributed by atoms with van der Waals surface area (Å²) in [6, 6.07) is 9.44. The Bertz CT molecular complexity index is 608. The molecule has 6 nitrogen and oxygen atoms in total. The molecule has 1 heterocycles. The van der Waals surface area contributed by atoms with Crippen molar-refractivity contribution in [2.24, 2.45) is 0 Å². The summed E-state index contributed by atoms with van der Waals surface area (Å²) in [7, 11) is 0. The zero-order chi connectivity index (χ0) is 15.1. The monoisotopic (exact) mass is 287 g/mol. The molecule has 2 aromatic rings. The van der Waals surface area contributed by atoms with Gasteiger partial charge in [0.15, 0.2) is 0 Å². The lowest BCUT2D eigenvalue weighted by Crippen LogP contribution is -2.37. The molecule has 0 fully saturated rings. The van der Waals surface area contributed by atoms with Crippen LogP contribution in [-0.4, -0.2) is 29.9 Å². The molecule has 0 unspecified atom stereocenters. The molecule has 0 aliphatic carbocycles. The van der Waals surface area contributed by atoms with Crippen molar-refractivity contribution in [1.82, 2.24) is 15.6 Å². The van der Waals surface area contributed by atoms with Gasteiger partial charge in [-0.25, -0.2) is 4.98 Å². The Morgan fingerprint density at radius 2 is 1.90 bits per heavy atom. The molecule has 0 saturated carbocycles. The summed E-state index contributed by atoms with van der Waals surface area (Å²) in [6.07, 6.45) is 1.53. The van der Waals surface area contributed by atoms with E-state index in [1.165, 1.54) is 6.26 Å². The van der Waals surface area contributed by atoms with E-state index in [9.17, 15) is 9.59 Å². The molecule has 1 aromatic carbocycles. The fourth-order valence-corrected chi connectivity index (χ4v) is 1.77. The first-order valence-corrected chi connectivity index (χ1v) is 6.72. The lowest BCUT2D eigenvalue weighted by atomic mass is 10.2. The van der Waals surface area contributed by atoms with E-state index in [-0.39, 0.29) is 24.8 Å². The highest BCUT2D eigenvalue weighted by Crippen LogP contribution is 2.17. The second-order valence-corrected chi connectivity index (χ2v) is 4.42. The van der Waals surface area contributed by atoms with Crippen LogP contribution in [0.5, 0.6) is 0 Å². The fourth-order valence-electron chi connectivity index (χ4n) is 1.77. The molecule has 0 atom stereocenters. The van der Waals surface area contributed by atoms with Crippen LogP contribution < -0.4 is 10.6 Å². The van der Waals surface area contributed by atoms with Crippen molar-refractivity contribution in [3.05, 3.63) is 42.3 Å². The zero-order valence-electron chi connectivity index (χ0n) is 11.8. The molecular formula is C15H17N3O3. The fraction of sp³-hybridized carbons (Fsp3) is 0.267. The van der Waals surface area contributed by atoms with Crippen LogP contribution in [0.15, 0.2) is 41.0 Å². The molecule has 0 aliphatic rings. The van der Waals surface area contributed by atoms with E-state index in [4.69, 9.17) is 4.42 Å². The third kappa shape index (κ3) is 4.45. The number of hydrogen-bond donors (Lipinski definition) is 2. The van der Waals surface area contributed by atoms with Gasteiger partial charge in [-0.15, -0.1) is 0 Å². The number of oxazole rings is 1. The third-order valence-electron chi connectivity index (χ3n) is 2.73. The van der Waals surface area contributed by atoms with Crippen LogP contribution in [0.4, 0.5) is 0 Å². The minimum atomic E-state index is -0.269. The van der Waals surface area contributed by atoms with Crippen LogP contribution in [0.3, 0.4) is 0 Å². The molecule has 0 aliphatic heterocycles. The predicted octanol–water partition coefficient (Wildman–Crippen LogP) is 1.14. The van der Waals surface area contributed by atoms with Gasteiger partial charge in [0.2, 0.25) is 17.7 Å². The standard InChI is InChI=1S/C15H17N3O3/c1-2-16-14(20)9-17-13(19)8-12-10-21-15(18-12)11-6-4-3-5-7-11/h3-7,10H,2,8-9H2,1H3,(H,16,20)(H,17,19). The van der Waals surface area contributed by atoms with Crippen molar-refractivity contribution in [1.29, 1.82) is 0 Å². The highest BCUT2D eigenvalue weighted by Gasteiger charge is 2.11. The van der Waals surface area contributed by atoms with E-state index >= 15 is 0 Å². The molecule has 6 heteroatoms. The van der Waals surface area contributed by atoms with E-state index in [0.717, 1.165) is 5.56 Å². The normalized spacial score (nSPS) is 10.1. The lowest BCUT2D eigenvalue weighted by molar-refractivity contribution is -0.125. The number of rotatable bonds is 6. The summed E-state index contributed by atoms with van der Waals surface area (Å²) in [5.41, 5.74) is 1.38. The molecule has 21 heavy (non-hydrogen) atoms. The van der Waals surface area contributed by atoms with Crippen molar-refractivity contribution in [3.63, 3.8) is 0 Å². The highest BCUT2D eigenvalue weighted by atomic mass is 16.3. The first-order chi connectivity index (χ1) is 10.2. The Morgan fingerprint density at radius 3 is 2.62 bits per heavy atom. The summed E-state index contributed by atoms with van der Waals surface area (Å²) in [5.74, 6) is -0.00716. The second kappa shape index (κ2) is 7.23. The Hall–Kier alpha value is -2.63. The number of likely N-dealkylation sites (N-methyl/N-ethyl adjacent to an activating group) is 1. The third-order valence-corrected chi connectivity index (χ3v) is 2.73. The van der Waals surface area contributed by atoms with E-state index in [2.05, 4.69) is 15.6 Å². The number of amides is 2. The van der Waals surface area contributed by atoms with Crippen molar-refractivity contribution in [3.8, 4) is 11.5 Å². The number of nitrogens with one attached hydrogen (secondary N) is 2. The van der Waals surface area contributed by atoms with Crippen LogP contribution in [0.1, 0.15) is 12.6 Å². The van der Waals surface area contributed by atoms with Gasteiger partial charge in [0.1, 0.15) is 6.26 Å². The molecular weight excluding hydrogens is 270 g/mol. The molecule has 1 aromatic heterocycles. The van der Waals surface area contributed by atoms with Crippen molar-refractivity contribution >= 4 is 11.8 Å². The number of hydrogen-bond acceptors (Lipinski definition) is 4. The van der Waals surface area contributed by atoms with Gasteiger partial charge in [-0.1, -0.05) is 18.2 Å². The van der Waals surface area contributed by atoms with Gasteiger partial charge in [-0.05, 0) is 19.1 Å². The smallest absolute Gasteiger partial charge is 0.239 e. The summed E-state index contributed by atoms with van der Waals surface area (Å²) in [5, 5.41) is 5.13. The van der Waals surface area contributed by atoms with Crippen LogP contribution in [0.25, 0.3) is 11.5 Å². The van der Waals surface area contributed by atoms with Crippen LogP contribution in [0.2, 0.25) is 0 Å². The number of nitrogens with zero attached hydrogens (tertiary/aromatic N) is 1. The Labute approximate surface area is 122 Å². The van der Waals surface area contributed by atoms with Gasteiger partial charge in [-0.3, -0.25) is 9.59 Å². The number of carbonyl (C=O) groups is 2. The molecule has 0 radical (unpaired) electrons. The predicted molar refractivity (Wildman–Crippen MR) is 77.3 cm³/mol. The van der Waals surface area contributed by atoms with E-state index in [0.29, 0.717) is 18.1 Å². The minimum Gasteiger partial charge on any atom is -0.444 e. The first-order valence-electron chi connectivity index (χ1n) is 6.72. The molecule has 0 bridgehead atoms. The average Bonchev–Trinajstić information content (AvgIpc) is 2.95. The summed E-state index contributed by atoms with van der Waals surface area (Å²) in [4.78, 5) is 27.2. The van der Waals surface area contributed by atoms with Gasteiger partial charge in [0.25, 0.3) is 0 Å². The van der Waals surface area contributed by atoms with Gasteiger partial charge < -0.3 is 15.1 Å². The van der Waals surface area contributed by atoms with Crippen molar-refractivity contribution < 1.29 is 14.0 Å². The van der Waals surface area contributed by atoms with Crippen molar-refractivity contribution in [2.75, 3.05) is 13.1 Å². The van der Waals surface area contributed by atoms with Crippen LogP contribution in [0, 0.1) is 0 Å². The number of carbonyl (C=O) groups excluding carboxylic acids is 2. The Kier molecular flexibility index (Phi) is 5.09. The Morgan fingerprint density at radius 1 is 1.14 bits per heavy atom. The average molecular weight is 287 g/mol. The molecule has 2 amide bonds. The number of aromatic nitrogens is 1. The molecule has 0 spiro atoms. The van der Waals surface area contributed by atoms with E-state index in [1.807, 2.05) is 37.3 Å². The van der Waals surface area contributed by atoms with Crippen molar-refractivity contribution in [2.45, 2.75) is 13.3 Å². The topological polar surface area (TPSA) is 84.2 Å². The Balaban J connectivity index is 1.88. The van der Waals surface area contributed by atoms with Crippen LogP contribution >= 0.6 is 0 Å². The van der Waals surface area contributed by atoms with E-state index in [1.54, 1.807) is 0 Å². The second-order valence-electron chi connectivity index (χ2n) is 4.42. The maximum atomic E-state index is 11.7. The lowest BCUT2D eigenvalue weighted by Gasteiger charge is -2.03. The maximum Gasteiger partial charge on any atom is 0.239 e. The largest absolute Gasteiger partial charge is 0.444 e. The zero-order valence-corrected chi connectivity index (χ0v) is 11.8. The van der Waals surface area contributed by atoms with Crippen LogP contribution in [-0.2, 0) is 16.0 Å². The van der Waals surface area contributed by atoms with E-state index < -0.39 is 0 Å². The minimum absolute atomic E-state index is 0.0317. The highest BCUT2D eigenvalue weighted by molar-refractivity contribution is 5.85. The molecule has 2 rings (SSSR count). The first kappa shape index (κ1) is 14.8. The molecule has 2 N–H and O–H groups in total. The van der Waals surface area contributed by atoms with Gasteiger partial charge in [-0.2, -0.15) is 0 Å². The summed E-state index contributed by atoms with van der Waals surface area (Å²) < 4.78 is 5.35. The van der Waals surface area contributed by atoms with Gasteiger partial charge in [0.05, 0.1) is 18.7 Å². The summed E-state index contributed by atoms with van der Waals surface area (Å²) >= 11 is 0. The van der Waals surface area contributed by atoms with Gasteiger partial charge in [0, 0.05) is 12.1 Å². The molecule has 0 saturated heterocycles. The number of benzene rings is 1. The maximum absolute atomic E-state index is 11.7. The molecule has 110 valence electrons. The van der Waals surface area contributed by atoms with Gasteiger partial charge >= 0.3 is 0 Å². The quantitative estimate of drug-likeness (QED) is 0.834.